The molecule has 2 heterocycles. The van der Waals surface area contributed by atoms with Crippen LogP contribution in [0.2, 0.25) is 0 Å². The number of benzene rings is 2. The Balaban J connectivity index is 1.53. The maximum atomic E-state index is 14.1. The highest BCUT2D eigenvalue weighted by Gasteiger charge is 2.22. The number of piperazine rings is 1. The molecule has 1 aromatic heterocycles. The standard InChI is InChI=1S/C24H30FN5O2/c1-4-28-11-13-29(14-12-28)20-10-9-18(25)15-19(20)17(2)26-23(31)16-30-22-8-6-5-7-21(22)27(3)24(30)32/h5-10,15,17H,4,11-14,16H2,1-3H3,(H,26,31). The van der Waals surface area contributed by atoms with E-state index in [1.165, 1.54) is 21.3 Å². The second kappa shape index (κ2) is 9.16. The van der Waals surface area contributed by atoms with E-state index in [4.69, 9.17) is 0 Å². The second-order valence-electron chi connectivity index (χ2n) is 8.33. The van der Waals surface area contributed by atoms with E-state index >= 15 is 0 Å². The van der Waals surface area contributed by atoms with Gasteiger partial charge in [0.05, 0.1) is 17.1 Å². The third-order valence-electron chi connectivity index (χ3n) is 6.35. The van der Waals surface area contributed by atoms with E-state index < -0.39 is 6.04 Å². The predicted molar refractivity (Wildman–Crippen MR) is 124 cm³/mol. The van der Waals surface area contributed by atoms with Gasteiger partial charge in [-0.25, -0.2) is 9.18 Å². The summed E-state index contributed by atoms with van der Waals surface area (Å²) in [6, 6.07) is 11.7. The molecule has 0 bridgehead atoms. The van der Waals surface area contributed by atoms with Crippen LogP contribution in [0.5, 0.6) is 0 Å². The Bertz CT molecular complexity index is 1180. The highest BCUT2D eigenvalue weighted by Crippen LogP contribution is 2.28. The molecule has 1 N–H and O–H groups in total. The molecule has 1 unspecified atom stereocenters. The number of anilines is 1. The van der Waals surface area contributed by atoms with E-state index in [0.717, 1.165) is 49.5 Å². The van der Waals surface area contributed by atoms with Gasteiger partial charge in [0.2, 0.25) is 5.91 Å². The van der Waals surface area contributed by atoms with Gasteiger partial charge >= 0.3 is 5.69 Å². The fourth-order valence-electron chi connectivity index (χ4n) is 4.49. The van der Waals surface area contributed by atoms with Crippen LogP contribution in [0.3, 0.4) is 0 Å². The highest BCUT2D eigenvalue weighted by atomic mass is 19.1. The first kappa shape index (κ1) is 22.1. The van der Waals surface area contributed by atoms with Crippen LogP contribution in [0.15, 0.2) is 47.3 Å². The predicted octanol–water partition coefficient (Wildman–Crippen LogP) is 2.50. The topological polar surface area (TPSA) is 62.5 Å². The third kappa shape index (κ3) is 4.27. The molecule has 0 radical (unpaired) electrons. The van der Waals surface area contributed by atoms with Crippen LogP contribution in [0.1, 0.15) is 25.5 Å². The van der Waals surface area contributed by atoms with E-state index in [-0.39, 0.29) is 24.0 Å². The van der Waals surface area contributed by atoms with Crippen LogP contribution in [-0.4, -0.2) is 52.7 Å². The summed E-state index contributed by atoms with van der Waals surface area (Å²) in [5, 5.41) is 2.96. The van der Waals surface area contributed by atoms with E-state index in [1.54, 1.807) is 13.1 Å². The summed E-state index contributed by atoms with van der Waals surface area (Å²) in [4.78, 5) is 30.1. The molecular weight excluding hydrogens is 409 g/mol. The number of nitrogens with zero attached hydrogens (tertiary/aromatic N) is 4. The molecule has 3 aromatic rings. The van der Waals surface area contributed by atoms with Crippen LogP contribution < -0.4 is 15.9 Å². The molecule has 1 atom stereocenters. The minimum absolute atomic E-state index is 0.0929. The molecule has 0 saturated carbocycles. The SMILES string of the molecule is CCN1CCN(c2ccc(F)cc2C(C)NC(=O)Cn2c(=O)n(C)c3ccccc32)CC1. The summed E-state index contributed by atoms with van der Waals surface area (Å²) >= 11 is 0. The number of carbonyl (C=O) groups excluding carboxylic acids is 1. The number of hydrogen-bond donors (Lipinski definition) is 1. The van der Waals surface area contributed by atoms with Crippen molar-refractivity contribution < 1.29 is 9.18 Å². The average Bonchev–Trinajstić information content (AvgIpc) is 3.04. The van der Waals surface area contributed by atoms with Gasteiger partial charge in [-0.3, -0.25) is 13.9 Å². The first-order valence-electron chi connectivity index (χ1n) is 11.1. The van der Waals surface area contributed by atoms with Crippen LogP contribution in [-0.2, 0) is 18.4 Å². The fourth-order valence-corrected chi connectivity index (χ4v) is 4.49. The minimum Gasteiger partial charge on any atom is -0.369 e. The number of fused-ring (bicyclic) bond motifs is 1. The van der Waals surface area contributed by atoms with E-state index in [9.17, 15) is 14.0 Å². The molecule has 1 aliphatic rings. The lowest BCUT2D eigenvalue weighted by Gasteiger charge is -2.37. The van der Waals surface area contributed by atoms with Gasteiger partial charge in [-0.2, -0.15) is 0 Å². The molecule has 8 heteroatoms. The second-order valence-corrected chi connectivity index (χ2v) is 8.33. The summed E-state index contributed by atoms with van der Waals surface area (Å²) in [5.74, 6) is -0.621. The number of rotatable bonds is 6. The molecule has 7 nitrogen and oxygen atoms in total. The van der Waals surface area contributed by atoms with Crippen molar-refractivity contribution in [3.05, 3.63) is 64.3 Å². The van der Waals surface area contributed by atoms with Gasteiger partial charge in [-0.05, 0) is 43.8 Å². The highest BCUT2D eigenvalue weighted by molar-refractivity contribution is 5.81. The lowest BCUT2D eigenvalue weighted by molar-refractivity contribution is -0.122. The largest absolute Gasteiger partial charge is 0.369 e. The Kier molecular flexibility index (Phi) is 6.32. The number of hydrogen-bond acceptors (Lipinski definition) is 4. The quantitative estimate of drug-likeness (QED) is 0.641. The van der Waals surface area contributed by atoms with Gasteiger partial charge in [-0.15, -0.1) is 0 Å². The number of carbonyl (C=O) groups is 1. The summed E-state index contributed by atoms with van der Waals surface area (Å²) in [5.41, 5.74) is 2.93. The van der Waals surface area contributed by atoms with Crippen molar-refractivity contribution in [1.29, 1.82) is 0 Å². The Morgan fingerprint density at radius 3 is 2.47 bits per heavy atom. The van der Waals surface area contributed by atoms with Gasteiger partial charge in [0.1, 0.15) is 12.4 Å². The molecule has 4 rings (SSSR count). The zero-order chi connectivity index (χ0) is 22.8. The van der Waals surface area contributed by atoms with Crippen molar-refractivity contribution in [3.8, 4) is 0 Å². The van der Waals surface area contributed by atoms with Crippen molar-refractivity contribution in [2.24, 2.45) is 7.05 Å². The Hall–Kier alpha value is -3.13. The molecule has 1 saturated heterocycles. The molecule has 1 fully saturated rings. The van der Waals surface area contributed by atoms with Crippen LogP contribution >= 0.6 is 0 Å². The molecule has 2 aromatic carbocycles. The number of aromatic nitrogens is 2. The van der Waals surface area contributed by atoms with E-state index in [0.29, 0.717) is 5.52 Å². The van der Waals surface area contributed by atoms with Gasteiger partial charge in [0.15, 0.2) is 0 Å². The molecule has 0 spiro atoms. The smallest absolute Gasteiger partial charge is 0.329 e. The number of halogens is 1. The minimum atomic E-state index is -0.400. The van der Waals surface area contributed by atoms with Crippen molar-refractivity contribution >= 4 is 22.6 Å². The van der Waals surface area contributed by atoms with E-state index in [1.807, 2.05) is 31.2 Å². The van der Waals surface area contributed by atoms with Gasteiger partial charge in [0.25, 0.3) is 0 Å². The number of nitrogens with one attached hydrogen (secondary N) is 1. The van der Waals surface area contributed by atoms with Crippen molar-refractivity contribution in [2.75, 3.05) is 37.6 Å². The van der Waals surface area contributed by atoms with Crippen LogP contribution in [0.25, 0.3) is 11.0 Å². The number of amides is 1. The van der Waals surface area contributed by atoms with E-state index in [2.05, 4.69) is 22.0 Å². The van der Waals surface area contributed by atoms with Gasteiger partial charge in [-0.1, -0.05) is 19.1 Å². The summed E-state index contributed by atoms with van der Waals surface area (Å²) < 4.78 is 17.1. The lowest BCUT2D eigenvalue weighted by Crippen LogP contribution is -2.46. The molecule has 1 aliphatic heterocycles. The average molecular weight is 440 g/mol. The van der Waals surface area contributed by atoms with Gasteiger partial charge < -0.3 is 15.1 Å². The number of aryl methyl sites for hydroxylation is 1. The van der Waals surface area contributed by atoms with Crippen LogP contribution in [0, 0.1) is 5.82 Å². The Morgan fingerprint density at radius 2 is 1.78 bits per heavy atom. The molecular formula is C24H30FN5O2. The third-order valence-corrected chi connectivity index (χ3v) is 6.35. The summed E-state index contributed by atoms with van der Waals surface area (Å²) in [6.45, 7) is 8.56. The Labute approximate surface area is 187 Å². The van der Waals surface area contributed by atoms with Crippen LogP contribution in [0.4, 0.5) is 10.1 Å². The number of imidazole rings is 1. The zero-order valence-electron chi connectivity index (χ0n) is 18.8. The molecule has 0 aliphatic carbocycles. The maximum absolute atomic E-state index is 14.1. The normalized spacial score (nSPS) is 15.8. The number of likely N-dealkylation sites (N-methyl/N-ethyl adjacent to an activating group) is 1. The summed E-state index contributed by atoms with van der Waals surface area (Å²) in [7, 11) is 1.69. The maximum Gasteiger partial charge on any atom is 0.329 e. The van der Waals surface area contributed by atoms with Gasteiger partial charge in [0, 0.05) is 44.5 Å². The van der Waals surface area contributed by atoms with Crippen molar-refractivity contribution in [3.63, 3.8) is 0 Å². The molecule has 1 amide bonds. The molecule has 32 heavy (non-hydrogen) atoms. The zero-order valence-corrected chi connectivity index (χ0v) is 18.8. The first-order chi connectivity index (χ1) is 15.4. The Morgan fingerprint density at radius 1 is 1.09 bits per heavy atom. The lowest BCUT2D eigenvalue weighted by atomic mass is 10.0. The number of para-hydroxylation sites is 2. The fraction of sp³-hybridized carbons (Fsp3) is 0.417. The summed E-state index contributed by atoms with van der Waals surface area (Å²) in [6.07, 6.45) is 0. The first-order valence-corrected chi connectivity index (χ1v) is 11.1. The van der Waals surface area contributed by atoms with Crippen molar-refractivity contribution in [2.45, 2.75) is 26.4 Å². The van der Waals surface area contributed by atoms with Crippen molar-refractivity contribution in [1.82, 2.24) is 19.4 Å². The monoisotopic (exact) mass is 439 g/mol. The molecule has 170 valence electrons.